The molecule has 0 saturated heterocycles. The van der Waals surface area contributed by atoms with E-state index in [9.17, 15) is 0 Å². The lowest BCUT2D eigenvalue weighted by Crippen LogP contribution is -2.28. The number of rotatable bonds is 5. The van der Waals surface area contributed by atoms with E-state index in [-0.39, 0.29) is 0 Å². The van der Waals surface area contributed by atoms with Gasteiger partial charge in [0.15, 0.2) is 0 Å². The van der Waals surface area contributed by atoms with Gasteiger partial charge in [-0.3, -0.25) is 4.99 Å². The van der Waals surface area contributed by atoms with Crippen molar-refractivity contribution >= 4 is 29.2 Å². The third-order valence-electron chi connectivity index (χ3n) is 6.15. The number of benzene rings is 3. The first-order chi connectivity index (χ1) is 15.2. The van der Waals surface area contributed by atoms with Gasteiger partial charge in [0, 0.05) is 28.4 Å². The van der Waals surface area contributed by atoms with Crippen molar-refractivity contribution in [2.75, 3.05) is 11.9 Å². The molecule has 156 valence electrons. The van der Waals surface area contributed by atoms with E-state index in [4.69, 9.17) is 16.3 Å². The number of halogens is 1. The Kier molecular flexibility index (Phi) is 5.52. The second-order valence-corrected chi connectivity index (χ2v) is 8.46. The smallest absolute Gasteiger partial charge is 0.128 e. The molecule has 1 N–H and O–H groups in total. The van der Waals surface area contributed by atoms with E-state index in [1.807, 2.05) is 31.3 Å². The SMILES string of the molecule is CCOc1ccc(Cl)cc1C=Nc1ccc([C@@H]2Nc3ccccc3[C@@H]3C=CC[C@H]32)cc1. The van der Waals surface area contributed by atoms with Gasteiger partial charge in [-0.2, -0.15) is 0 Å². The number of allylic oxidation sites excluding steroid dienone is 2. The van der Waals surface area contributed by atoms with Gasteiger partial charge in [0.05, 0.1) is 18.3 Å². The number of ether oxygens (including phenoxy) is 1. The molecule has 3 aromatic rings. The Morgan fingerprint density at radius 3 is 2.77 bits per heavy atom. The number of para-hydroxylation sites is 1. The molecule has 4 heteroatoms. The van der Waals surface area contributed by atoms with Gasteiger partial charge in [-0.25, -0.2) is 0 Å². The fourth-order valence-electron chi connectivity index (χ4n) is 4.69. The maximum Gasteiger partial charge on any atom is 0.128 e. The highest BCUT2D eigenvalue weighted by atomic mass is 35.5. The van der Waals surface area contributed by atoms with Gasteiger partial charge >= 0.3 is 0 Å². The normalized spacial score (nSPS) is 21.5. The molecular weight excluding hydrogens is 404 g/mol. The first kappa shape index (κ1) is 19.9. The zero-order chi connectivity index (χ0) is 21.2. The van der Waals surface area contributed by atoms with Crippen LogP contribution >= 0.6 is 11.6 Å². The Bertz CT molecular complexity index is 1140. The second kappa shape index (κ2) is 8.60. The second-order valence-electron chi connectivity index (χ2n) is 8.03. The first-order valence-electron chi connectivity index (χ1n) is 10.8. The standard InChI is InChI=1S/C27H25ClN2O/c1-2-31-26-15-12-20(28)16-19(26)17-29-21-13-10-18(11-14-21)27-24-8-5-7-22(24)23-6-3-4-9-25(23)30-27/h3-7,9-17,22,24,27,30H,2,8H2,1H3/t22-,24+,27-/m0/s1. The van der Waals surface area contributed by atoms with Gasteiger partial charge in [-0.05, 0) is 66.8 Å². The zero-order valence-electron chi connectivity index (χ0n) is 17.5. The average Bonchev–Trinajstić information content (AvgIpc) is 3.29. The van der Waals surface area contributed by atoms with Crippen LogP contribution in [0.15, 0.2) is 83.9 Å². The van der Waals surface area contributed by atoms with Crippen LogP contribution in [0.5, 0.6) is 5.75 Å². The minimum atomic E-state index is 0.297. The Morgan fingerprint density at radius 1 is 1.10 bits per heavy atom. The van der Waals surface area contributed by atoms with Crippen molar-refractivity contribution in [2.24, 2.45) is 10.9 Å². The van der Waals surface area contributed by atoms with Crippen LogP contribution in [0.4, 0.5) is 11.4 Å². The summed E-state index contributed by atoms with van der Waals surface area (Å²) in [5.74, 6) is 1.82. The minimum Gasteiger partial charge on any atom is -0.493 e. The molecule has 3 nitrogen and oxygen atoms in total. The molecule has 1 heterocycles. The van der Waals surface area contributed by atoms with Crippen LogP contribution in [0.2, 0.25) is 5.02 Å². The lowest BCUT2D eigenvalue weighted by atomic mass is 9.77. The van der Waals surface area contributed by atoms with Crippen LogP contribution in [0.25, 0.3) is 0 Å². The van der Waals surface area contributed by atoms with Crippen molar-refractivity contribution in [3.63, 3.8) is 0 Å². The summed E-state index contributed by atoms with van der Waals surface area (Å²) >= 11 is 6.16. The monoisotopic (exact) mass is 428 g/mol. The van der Waals surface area contributed by atoms with Crippen LogP contribution in [0, 0.1) is 5.92 Å². The summed E-state index contributed by atoms with van der Waals surface area (Å²) in [6.45, 7) is 2.57. The van der Waals surface area contributed by atoms with Crippen molar-refractivity contribution in [1.29, 1.82) is 0 Å². The maximum absolute atomic E-state index is 6.16. The molecule has 3 atom stereocenters. The van der Waals surface area contributed by atoms with E-state index < -0.39 is 0 Å². The predicted molar refractivity (Wildman–Crippen MR) is 129 cm³/mol. The Morgan fingerprint density at radius 2 is 1.94 bits per heavy atom. The maximum atomic E-state index is 6.16. The third-order valence-corrected chi connectivity index (χ3v) is 6.38. The number of hydrogen-bond donors (Lipinski definition) is 1. The fraction of sp³-hybridized carbons (Fsp3) is 0.222. The lowest BCUT2D eigenvalue weighted by Gasteiger charge is -2.37. The zero-order valence-corrected chi connectivity index (χ0v) is 18.2. The topological polar surface area (TPSA) is 33.6 Å². The number of fused-ring (bicyclic) bond motifs is 3. The summed E-state index contributed by atoms with van der Waals surface area (Å²) in [7, 11) is 0. The molecule has 3 aromatic carbocycles. The molecule has 0 saturated carbocycles. The molecule has 0 radical (unpaired) electrons. The number of nitrogens with zero attached hydrogens (tertiary/aromatic N) is 1. The van der Waals surface area contributed by atoms with E-state index in [1.54, 1.807) is 0 Å². The van der Waals surface area contributed by atoms with Crippen molar-refractivity contribution in [1.82, 2.24) is 0 Å². The molecular formula is C27H25ClN2O. The molecule has 0 unspecified atom stereocenters. The Labute approximate surface area is 188 Å². The molecule has 31 heavy (non-hydrogen) atoms. The molecule has 2 aliphatic rings. The molecule has 1 aliphatic carbocycles. The molecule has 0 fully saturated rings. The Hall–Kier alpha value is -3.04. The van der Waals surface area contributed by atoms with E-state index in [0.717, 1.165) is 23.4 Å². The summed E-state index contributed by atoms with van der Waals surface area (Å²) in [6, 6.07) is 23.1. The van der Waals surface area contributed by atoms with Gasteiger partial charge in [0.25, 0.3) is 0 Å². The molecule has 0 amide bonds. The average molecular weight is 429 g/mol. The van der Waals surface area contributed by atoms with Crippen LogP contribution in [0.3, 0.4) is 0 Å². The highest BCUT2D eigenvalue weighted by Crippen LogP contribution is 2.49. The van der Waals surface area contributed by atoms with Crippen molar-refractivity contribution in [3.8, 4) is 5.75 Å². The summed E-state index contributed by atoms with van der Waals surface area (Å²) in [5.41, 5.74) is 5.73. The van der Waals surface area contributed by atoms with Crippen molar-refractivity contribution < 1.29 is 4.74 Å². The van der Waals surface area contributed by atoms with Gasteiger partial charge in [0.1, 0.15) is 5.75 Å². The molecule has 0 aromatic heterocycles. The summed E-state index contributed by atoms with van der Waals surface area (Å²) in [6.07, 6.45) is 7.62. The Balaban J connectivity index is 1.38. The van der Waals surface area contributed by atoms with E-state index in [2.05, 4.69) is 71.0 Å². The van der Waals surface area contributed by atoms with Gasteiger partial charge < -0.3 is 10.1 Å². The van der Waals surface area contributed by atoms with Crippen molar-refractivity contribution in [2.45, 2.75) is 25.3 Å². The van der Waals surface area contributed by atoms with Gasteiger partial charge in [0.2, 0.25) is 0 Å². The van der Waals surface area contributed by atoms with Crippen molar-refractivity contribution in [3.05, 3.63) is 101 Å². The van der Waals surface area contributed by atoms with E-state index in [1.165, 1.54) is 16.8 Å². The third kappa shape index (κ3) is 3.98. The largest absolute Gasteiger partial charge is 0.493 e. The van der Waals surface area contributed by atoms with Crippen LogP contribution in [-0.4, -0.2) is 12.8 Å². The lowest BCUT2D eigenvalue weighted by molar-refractivity contribution is 0.340. The van der Waals surface area contributed by atoms with Gasteiger partial charge in [-0.1, -0.05) is 54.1 Å². The molecule has 0 spiro atoms. The van der Waals surface area contributed by atoms with E-state index in [0.29, 0.717) is 29.5 Å². The summed E-state index contributed by atoms with van der Waals surface area (Å²) in [5, 5.41) is 4.45. The highest BCUT2D eigenvalue weighted by Gasteiger charge is 2.37. The van der Waals surface area contributed by atoms with E-state index >= 15 is 0 Å². The van der Waals surface area contributed by atoms with Crippen LogP contribution in [-0.2, 0) is 0 Å². The van der Waals surface area contributed by atoms with Gasteiger partial charge in [-0.15, -0.1) is 0 Å². The number of hydrogen-bond acceptors (Lipinski definition) is 3. The molecule has 0 bridgehead atoms. The predicted octanol–water partition coefficient (Wildman–Crippen LogP) is 7.32. The highest BCUT2D eigenvalue weighted by molar-refractivity contribution is 6.30. The number of aliphatic imine (C=N–C) groups is 1. The number of nitrogens with one attached hydrogen (secondary N) is 1. The minimum absolute atomic E-state index is 0.297. The van der Waals surface area contributed by atoms with Crippen LogP contribution < -0.4 is 10.1 Å². The first-order valence-corrected chi connectivity index (χ1v) is 11.2. The summed E-state index contributed by atoms with van der Waals surface area (Å²) in [4.78, 5) is 4.65. The fourth-order valence-corrected chi connectivity index (χ4v) is 4.87. The molecule has 5 rings (SSSR count). The quantitative estimate of drug-likeness (QED) is 0.341. The molecule has 1 aliphatic heterocycles. The number of anilines is 1. The summed E-state index contributed by atoms with van der Waals surface area (Å²) < 4.78 is 5.68. The van der Waals surface area contributed by atoms with Crippen LogP contribution in [0.1, 0.15) is 42.0 Å².